The van der Waals surface area contributed by atoms with Crippen molar-refractivity contribution in [3.8, 4) is 11.1 Å². The second kappa shape index (κ2) is 5.08. The van der Waals surface area contributed by atoms with Gasteiger partial charge in [0.1, 0.15) is 0 Å². The minimum absolute atomic E-state index is 0.197. The van der Waals surface area contributed by atoms with Gasteiger partial charge in [-0.15, -0.1) is 0 Å². The Morgan fingerprint density at radius 1 is 0.682 bits per heavy atom. The van der Waals surface area contributed by atoms with Crippen LogP contribution in [0.1, 0.15) is 68.0 Å². The standard InChI is InChI=1S/C21H25.Ti/c1-20(2,3)16-9-7-14-11-15-8-10-17(21(4,5)6)13-19(15)18(14)12-16;/h7-13H,1-6H3;. The van der Waals surface area contributed by atoms with E-state index in [0.29, 0.717) is 4.22 Å². The first-order valence-corrected chi connectivity index (χ1v) is 8.99. The Hall–Kier alpha value is -0.846. The first-order valence-electron chi connectivity index (χ1n) is 8.09. The van der Waals surface area contributed by atoms with Gasteiger partial charge in [-0.25, -0.2) is 0 Å². The Morgan fingerprint density at radius 2 is 1.05 bits per heavy atom. The van der Waals surface area contributed by atoms with Crippen molar-refractivity contribution in [2.24, 2.45) is 0 Å². The van der Waals surface area contributed by atoms with Crippen LogP contribution in [-0.2, 0) is 31.3 Å². The molecule has 0 N–H and O–H groups in total. The van der Waals surface area contributed by atoms with E-state index in [1.807, 2.05) is 0 Å². The van der Waals surface area contributed by atoms with Gasteiger partial charge in [0, 0.05) is 0 Å². The molecule has 0 saturated carbocycles. The Kier molecular flexibility index (Phi) is 3.70. The molecule has 3 rings (SSSR count). The van der Waals surface area contributed by atoms with E-state index in [9.17, 15) is 0 Å². The molecule has 2 aromatic carbocycles. The normalized spacial score (nSPS) is 14.8. The summed E-state index contributed by atoms with van der Waals surface area (Å²) in [4.78, 5) is 0. The molecule has 0 aromatic heterocycles. The molecular weight excluding hydrogens is 300 g/mol. The van der Waals surface area contributed by atoms with Crippen molar-refractivity contribution < 1.29 is 20.4 Å². The van der Waals surface area contributed by atoms with E-state index < -0.39 is 0 Å². The molecule has 0 heterocycles. The van der Waals surface area contributed by atoms with Crippen LogP contribution in [0.4, 0.5) is 0 Å². The van der Waals surface area contributed by atoms with Crippen LogP contribution >= 0.6 is 0 Å². The third-order valence-electron chi connectivity index (χ3n) is 4.75. The summed E-state index contributed by atoms with van der Waals surface area (Å²) in [6.45, 7) is 13.7. The van der Waals surface area contributed by atoms with Gasteiger partial charge in [0.05, 0.1) is 0 Å². The second-order valence-corrected chi connectivity index (χ2v) is 9.44. The van der Waals surface area contributed by atoms with Crippen molar-refractivity contribution in [3.63, 3.8) is 0 Å². The number of benzene rings is 2. The predicted molar refractivity (Wildman–Crippen MR) is 91.1 cm³/mol. The first-order chi connectivity index (χ1) is 10.1. The van der Waals surface area contributed by atoms with E-state index in [-0.39, 0.29) is 10.8 Å². The first kappa shape index (κ1) is 16.0. The molecular formula is C21H25Ti. The average Bonchev–Trinajstić information content (AvgIpc) is 2.70. The number of fused-ring (bicyclic) bond motifs is 3. The van der Waals surface area contributed by atoms with Crippen molar-refractivity contribution in [2.45, 2.75) is 56.6 Å². The summed E-state index contributed by atoms with van der Waals surface area (Å²) in [5.74, 6) is 0. The van der Waals surface area contributed by atoms with Gasteiger partial charge in [-0.3, -0.25) is 0 Å². The van der Waals surface area contributed by atoms with Crippen molar-refractivity contribution in [1.29, 1.82) is 0 Å². The van der Waals surface area contributed by atoms with Crippen LogP contribution in [0.2, 0.25) is 0 Å². The van der Waals surface area contributed by atoms with Gasteiger partial charge in [0.25, 0.3) is 0 Å². The Morgan fingerprint density at radius 3 is 1.36 bits per heavy atom. The van der Waals surface area contributed by atoms with Gasteiger partial charge in [-0.05, 0) is 0 Å². The molecule has 22 heavy (non-hydrogen) atoms. The van der Waals surface area contributed by atoms with Gasteiger partial charge in [-0.2, -0.15) is 0 Å². The summed E-state index contributed by atoms with van der Waals surface area (Å²) < 4.78 is 0.507. The quantitative estimate of drug-likeness (QED) is 0.529. The van der Waals surface area contributed by atoms with E-state index >= 15 is 0 Å². The van der Waals surface area contributed by atoms with Gasteiger partial charge >= 0.3 is 147 Å². The van der Waals surface area contributed by atoms with E-state index in [2.05, 4.69) is 98.4 Å². The van der Waals surface area contributed by atoms with Crippen LogP contribution in [0.15, 0.2) is 36.4 Å². The molecule has 0 nitrogen and oxygen atoms in total. The molecule has 0 amide bonds. The Labute approximate surface area is 146 Å². The molecule has 1 aliphatic carbocycles. The molecule has 0 unspecified atom stereocenters. The zero-order valence-electron chi connectivity index (χ0n) is 14.5. The molecule has 0 fully saturated rings. The molecule has 0 bridgehead atoms. The fourth-order valence-electron chi connectivity index (χ4n) is 3.18. The van der Waals surface area contributed by atoms with Crippen LogP contribution in [0.3, 0.4) is 0 Å². The maximum atomic E-state index is 2.42. The van der Waals surface area contributed by atoms with Crippen LogP contribution in [0, 0.1) is 0 Å². The van der Waals surface area contributed by atoms with E-state index in [0.717, 1.165) is 0 Å². The average molecular weight is 325 g/mol. The van der Waals surface area contributed by atoms with E-state index in [1.165, 1.54) is 33.4 Å². The molecule has 0 saturated heterocycles. The topological polar surface area (TPSA) is 0 Å². The maximum absolute atomic E-state index is 2.42. The number of rotatable bonds is 0. The molecule has 0 aliphatic heterocycles. The van der Waals surface area contributed by atoms with E-state index in [1.54, 1.807) is 0 Å². The summed E-state index contributed by atoms with van der Waals surface area (Å²) in [7, 11) is 0. The monoisotopic (exact) mass is 325 g/mol. The van der Waals surface area contributed by atoms with Crippen molar-refractivity contribution in [1.82, 2.24) is 0 Å². The molecule has 2 aromatic rings. The molecule has 113 valence electrons. The SMILES string of the molecule is CC(C)(C)c1ccc2c(c1)-c1cc(C(C)(C)C)ccc1[CH]2[Ti]. The molecule has 1 aliphatic rings. The molecule has 1 heteroatoms. The fourth-order valence-corrected chi connectivity index (χ4v) is 3.97. The van der Waals surface area contributed by atoms with Gasteiger partial charge in [0.15, 0.2) is 0 Å². The van der Waals surface area contributed by atoms with Crippen molar-refractivity contribution in [2.75, 3.05) is 0 Å². The molecule has 0 spiro atoms. The summed E-state index contributed by atoms with van der Waals surface area (Å²) in [6.07, 6.45) is 0. The third kappa shape index (κ3) is 2.61. The summed E-state index contributed by atoms with van der Waals surface area (Å²) >= 11 is 2.33. The number of hydrogen-bond acceptors (Lipinski definition) is 0. The van der Waals surface area contributed by atoms with Crippen LogP contribution in [0.5, 0.6) is 0 Å². The van der Waals surface area contributed by atoms with E-state index in [4.69, 9.17) is 0 Å². The zero-order chi connectivity index (χ0) is 16.3. The predicted octanol–water partition coefficient (Wildman–Crippen LogP) is 5.90. The molecule has 0 atom stereocenters. The van der Waals surface area contributed by atoms with Crippen molar-refractivity contribution in [3.05, 3.63) is 58.7 Å². The molecule has 0 radical (unpaired) electrons. The zero-order valence-corrected chi connectivity index (χ0v) is 16.1. The third-order valence-corrected chi connectivity index (χ3v) is 5.72. The van der Waals surface area contributed by atoms with Crippen LogP contribution in [0.25, 0.3) is 11.1 Å². The van der Waals surface area contributed by atoms with Gasteiger partial charge in [0.2, 0.25) is 0 Å². The minimum atomic E-state index is 0.197. The summed E-state index contributed by atoms with van der Waals surface area (Å²) in [6, 6.07) is 14.2. The van der Waals surface area contributed by atoms with Gasteiger partial charge in [-0.1, -0.05) is 0 Å². The summed E-state index contributed by atoms with van der Waals surface area (Å²) in [5, 5.41) is 0. The second-order valence-electron chi connectivity index (χ2n) is 8.54. The summed E-state index contributed by atoms with van der Waals surface area (Å²) in [5.41, 5.74) is 9.09. The fraction of sp³-hybridized carbons (Fsp3) is 0.429. The van der Waals surface area contributed by atoms with Crippen LogP contribution < -0.4 is 0 Å². The Bertz CT molecular complexity index is 663. The van der Waals surface area contributed by atoms with Gasteiger partial charge < -0.3 is 0 Å². The van der Waals surface area contributed by atoms with Crippen molar-refractivity contribution >= 4 is 0 Å². The Balaban J connectivity index is 2.21. The number of hydrogen-bond donors (Lipinski definition) is 0. The van der Waals surface area contributed by atoms with Crippen LogP contribution in [-0.4, -0.2) is 0 Å².